The summed E-state index contributed by atoms with van der Waals surface area (Å²) in [4.78, 5) is 36.9. The first kappa shape index (κ1) is 25.8. The normalized spacial score (nSPS) is 10.5. The Balaban J connectivity index is 1.58. The minimum absolute atomic E-state index is 0.0254. The maximum Gasteiger partial charge on any atom is 0.306 e. The van der Waals surface area contributed by atoms with E-state index in [9.17, 15) is 14.4 Å². The topological polar surface area (TPSA) is 90.9 Å². The number of ether oxygens (including phenoxy) is 3. The maximum atomic E-state index is 12.6. The average molecular weight is 496 g/mol. The van der Waals surface area contributed by atoms with Crippen LogP contribution in [-0.2, 0) is 14.3 Å². The van der Waals surface area contributed by atoms with Crippen LogP contribution in [0.1, 0.15) is 40.4 Å². The minimum Gasteiger partial charge on any atom is -0.497 e. The Labute approximate surface area is 209 Å². The Morgan fingerprint density at radius 2 is 1.29 bits per heavy atom. The SMILES string of the molecule is COc1ccc(C(NC(=O)COC(=O)CCC(=O)c2ccc(Cl)cc2)c2ccc(OC)cc2)cc1. The number of halogens is 1. The number of carbonyl (C=O) groups excluding carboxylic acids is 3. The van der Waals surface area contributed by atoms with E-state index in [1.807, 2.05) is 24.3 Å². The largest absolute Gasteiger partial charge is 0.497 e. The standard InChI is InChI=1S/C27H26ClNO6/c1-33-22-11-5-19(6-12-22)27(20-7-13-23(34-2)14-8-20)29-25(31)17-35-26(32)16-15-24(30)18-3-9-21(28)10-4-18/h3-14,27H,15-17H2,1-2H3,(H,29,31). The molecule has 0 spiro atoms. The van der Waals surface area contributed by atoms with Crippen LogP contribution >= 0.6 is 11.6 Å². The van der Waals surface area contributed by atoms with Gasteiger partial charge >= 0.3 is 5.97 Å². The molecule has 3 aromatic rings. The van der Waals surface area contributed by atoms with Crippen molar-refractivity contribution >= 4 is 29.3 Å². The number of methoxy groups -OCH3 is 2. The van der Waals surface area contributed by atoms with Crippen LogP contribution in [0.5, 0.6) is 11.5 Å². The molecule has 0 unspecified atom stereocenters. The van der Waals surface area contributed by atoms with Crippen molar-refractivity contribution < 1.29 is 28.6 Å². The molecule has 3 aromatic carbocycles. The third-order valence-electron chi connectivity index (χ3n) is 5.29. The summed E-state index contributed by atoms with van der Waals surface area (Å²) in [7, 11) is 3.16. The molecule has 0 saturated heterocycles. The highest BCUT2D eigenvalue weighted by molar-refractivity contribution is 6.30. The van der Waals surface area contributed by atoms with Crippen LogP contribution in [0.4, 0.5) is 0 Å². The van der Waals surface area contributed by atoms with Crippen molar-refractivity contribution in [3.8, 4) is 11.5 Å². The molecule has 0 heterocycles. The molecule has 0 saturated carbocycles. The Morgan fingerprint density at radius 1 is 0.771 bits per heavy atom. The number of carbonyl (C=O) groups is 3. The highest BCUT2D eigenvalue weighted by atomic mass is 35.5. The van der Waals surface area contributed by atoms with Gasteiger partial charge in [0.05, 0.1) is 26.7 Å². The Morgan fingerprint density at radius 3 is 1.77 bits per heavy atom. The zero-order valence-corrected chi connectivity index (χ0v) is 20.2. The number of hydrogen-bond donors (Lipinski definition) is 1. The van der Waals surface area contributed by atoms with Gasteiger partial charge in [0, 0.05) is 17.0 Å². The van der Waals surface area contributed by atoms with E-state index in [1.165, 1.54) is 0 Å². The molecule has 0 aliphatic carbocycles. The smallest absolute Gasteiger partial charge is 0.306 e. The Bertz CT molecular complexity index is 1100. The van der Waals surface area contributed by atoms with E-state index in [1.54, 1.807) is 62.8 Å². The zero-order valence-electron chi connectivity index (χ0n) is 19.5. The average Bonchev–Trinajstić information content (AvgIpc) is 2.89. The van der Waals surface area contributed by atoms with Crippen molar-refractivity contribution in [3.05, 3.63) is 94.5 Å². The fraction of sp³-hybridized carbons (Fsp3) is 0.222. The number of hydrogen-bond acceptors (Lipinski definition) is 6. The Hall–Kier alpha value is -3.84. The van der Waals surface area contributed by atoms with Gasteiger partial charge in [0.25, 0.3) is 5.91 Å². The second kappa shape index (κ2) is 12.6. The van der Waals surface area contributed by atoms with Crippen molar-refractivity contribution in [1.82, 2.24) is 5.32 Å². The molecule has 1 N–H and O–H groups in total. The molecule has 0 bridgehead atoms. The first-order chi connectivity index (χ1) is 16.9. The van der Waals surface area contributed by atoms with E-state index in [4.69, 9.17) is 25.8 Å². The van der Waals surface area contributed by atoms with Gasteiger partial charge < -0.3 is 19.5 Å². The molecular weight excluding hydrogens is 470 g/mol. The molecule has 8 heteroatoms. The summed E-state index contributed by atoms with van der Waals surface area (Å²) >= 11 is 5.82. The summed E-state index contributed by atoms with van der Waals surface area (Å²) in [5.41, 5.74) is 2.11. The monoisotopic (exact) mass is 495 g/mol. The predicted octanol–water partition coefficient (Wildman–Crippen LogP) is 4.77. The van der Waals surface area contributed by atoms with Crippen LogP contribution in [0, 0.1) is 0 Å². The molecule has 0 aromatic heterocycles. The molecule has 0 aliphatic heterocycles. The molecule has 0 radical (unpaired) electrons. The van der Waals surface area contributed by atoms with Crippen LogP contribution in [0.25, 0.3) is 0 Å². The number of nitrogens with one attached hydrogen (secondary N) is 1. The second-order valence-electron chi connectivity index (χ2n) is 7.64. The Kier molecular flexibility index (Phi) is 9.26. The summed E-state index contributed by atoms with van der Waals surface area (Å²) in [5, 5.41) is 3.42. The van der Waals surface area contributed by atoms with E-state index in [2.05, 4.69) is 5.32 Å². The van der Waals surface area contributed by atoms with Gasteiger partial charge in [0.2, 0.25) is 0 Å². The number of Topliss-reactive ketones (excluding diaryl/α,β-unsaturated/α-hetero) is 1. The van der Waals surface area contributed by atoms with Crippen molar-refractivity contribution in [2.45, 2.75) is 18.9 Å². The van der Waals surface area contributed by atoms with Crippen molar-refractivity contribution in [2.75, 3.05) is 20.8 Å². The van der Waals surface area contributed by atoms with E-state index < -0.39 is 24.5 Å². The lowest BCUT2D eigenvalue weighted by atomic mass is 9.98. The molecular formula is C27H26ClNO6. The molecule has 1 amide bonds. The van der Waals surface area contributed by atoms with Crippen molar-refractivity contribution in [2.24, 2.45) is 0 Å². The zero-order chi connectivity index (χ0) is 25.2. The summed E-state index contributed by atoms with van der Waals surface area (Å²) in [6, 6.07) is 20.5. The number of amides is 1. The molecule has 3 rings (SSSR count). The highest BCUT2D eigenvalue weighted by Crippen LogP contribution is 2.26. The van der Waals surface area contributed by atoms with Gasteiger partial charge in [-0.25, -0.2) is 0 Å². The molecule has 0 aliphatic rings. The van der Waals surface area contributed by atoms with Crippen LogP contribution in [0.2, 0.25) is 5.02 Å². The summed E-state index contributed by atoms with van der Waals surface area (Å²) in [5.74, 6) is 0.0698. The number of benzene rings is 3. The van der Waals surface area contributed by atoms with E-state index in [0.717, 1.165) is 11.1 Å². The van der Waals surface area contributed by atoms with E-state index in [0.29, 0.717) is 22.1 Å². The summed E-state index contributed by atoms with van der Waals surface area (Å²) in [6.45, 7) is -0.462. The van der Waals surface area contributed by atoms with Gasteiger partial charge in [0.1, 0.15) is 11.5 Å². The van der Waals surface area contributed by atoms with Crippen molar-refractivity contribution in [1.29, 1.82) is 0 Å². The van der Waals surface area contributed by atoms with Crippen molar-refractivity contribution in [3.63, 3.8) is 0 Å². The maximum absolute atomic E-state index is 12.6. The number of ketones is 1. The lowest BCUT2D eigenvalue weighted by molar-refractivity contribution is -0.148. The van der Waals surface area contributed by atoms with Gasteiger partial charge in [-0.1, -0.05) is 35.9 Å². The van der Waals surface area contributed by atoms with Gasteiger partial charge in [-0.2, -0.15) is 0 Å². The minimum atomic E-state index is -0.632. The third-order valence-corrected chi connectivity index (χ3v) is 5.54. The number of rotatable bonds is 11. The molecule has 7 nitrogen and oxygen atoms in total. The fourth-order valence-electron chi connectivity index (χ4n) is 3.37. The summed E-state index contributed by atoms with van der Waals surface area (Å²) < 4.78 is 15.5. The first-order valence-corrected chi connectivity index (χ1v) is 11.3. The van der Waals surface area contributed by atoms with E-state index in [-0.39, 0.29) is 18.6 Å². The van der Waals surface area contributed by atoms with Gasteiger partial charge in [-0.15, -0.1) is 0 Å². The summed E-state index contributed by atoms with van der Waals surface area (Å²) in [6.07, 6.45) is -0.155. The second-order valence-corrected chi connectivity index (χ2v) is 8.07. The lowest BCUT2D eigenvalue weighted by Gasteiger charge is -2.20. The molecule has 182 valence electrons. The quantitative estimate of drug-likeness (QED) is 0.304. The van der Waals surface area contributed by atoms with Gasteiger partial charge in [-0.05, 0) is 59.7 Å². The molecule has 0 fully saturated rings. The van der Waals surface area contributed by atoms with Crippen LogP contribution in [-0.4, -0.2) is 38.5 Å². The molecule has 35 heavy (non-hydrogen) atoms. The third kappa shape index (κ3) is 7.58. The van der Waals surface area contributed by atoms with Crippen LogP contribution in [0.15, 0.2) is 72.8 Å². The van der Waals surface area contributed by atoms with Gasteiger partial charge in [0.15, 0.2) is 12.4 Å². The number of esters is 1. The van der Waals surface area contributed by atoms with Crippen LogP contribution < -0.4 is 14.8 Å². The van der Waals surface area contributed by atoms with Gasteiger partial charge in [-0.3, -0.25) is 14.4 Å². The predicted molar refractivity (Wildman–Crippen MR) is 132 cm³/mol. The fourth-order valence-corrected chi connectivity index (χ4v) is 3.49. The van der Waals surface area contributed by atoms with Crippen LogP contribution in [0.3, 0.4) is 0 Å². The molecule has 0 atom stereocenters. The first-order valence-electron chi connectivity index (χ1n) is 10.9. The highest BCUT2D eigenvalue weighted by Gasteiger charge is 2.19. The lowest BCUT2D eigenvalue weighted by Crippen LogP contribution is -2.33. The van der Waals surface area contributed by atoms with E-state index >= 15 is 0 Å².